The molecule has 222 valence electrons. The Kier molecular flexibility index (Phi) is 5.76. The van der Waals surface area contributed by atoms with E-state index in [1.807, 2.05) is 0 Å². The minimum absolute atomic E-state index is 0.726. The van der Waals surface area contributed by atoms with Crippen molar-refractivity contribution in [3.8, 4) is 0 Å². The first-order chi connectivity index (χ1) is 21.3. The lowest BCUT2D eigenvalue weighted by atomic mass is 9.91. The lowest BCUT2D eigenvalue weighted by Crippen LogP contribution is -2.38. The van der Waals surface area contributed by atoms with Gasteiger partial charge in [0.2, 0.25) is 0 Å². The van der Waals surface area contributed by atoms with E-state index >= 15 is 0 Å². The molecule has 4 atom stereocenters. The number of anilines is 2. The van der Waals surface area contributed by atoms with Crippen molar-refractivity contribution in [3.63, 3.8) is 0 Å². The molecule has 0 N–H and O–H groups in total. The van der Waals surface area contributed by atoms with E-state index in [-0.39, 0.29) is 0 Å². The topological polar surface area (TPSA) is 32.8 Å². The molecule has 0 radical (unpaired) electrons. The van der Waals surface area contributed by atoms with Gasteiger partial charge >= 0.3 is 0 Å². The molecule has 2 fully saturated rings. The maximum atomic E-state index is 6.53. The summed E-state index contributed by atoms with van der Waals surface area (Å²) in [4.78, 5) is 5.11. The summed E-state index contributed by atoms with van der Waals surface area (Å²) in [5, 5.41) is 9.44. The van der Waals surface area contributed by atoms with Crippen LogP contribution in [0.25, 0.3) is 65.4 Å². The van der Waals surface area contributed by atoms with E-state index in [4.69, 9.17) is 8.83 Å². The zero-order valence-electron chi connectivity index (χ0n) is 26.2. The van der Waals surface area contributed by atoms with E-state index in [1.54, 1.807) is 0 Å². The van der Waals surface area contributed by atoms with Gasteiger partial charge < -0.3 is 18.6 Å². The van der Waals surface area contributed by atoms with Gasteiger partial charge in [0.25, 0.3) is 0 Å². The Morgan fingerprint density at radius 3 is 1.20 bits per heavy atom. The first-order valence-electron chi connectivity index (χ1n) is 16.5. The van der Waals surface area contributed by atoms with E-state index in [9.17, 15) is 0 Å². The van der Waals surface area contributed by atoms with E-state index in [0.29, 0.717) is 0 Å². The molecule has 0 aliphatic carbocycles. The smallest absolute Gasteiger partial charge is 0.136 e. The number of piperidine rings is 2. The molecule has 0 bridgehead atoms. The molecule has 7 aromatic rings. The third-order valence-electron chi connectivity index (χ3n) is 10.4. The van der Waals surface area contributed by atoms with Crippen molar-refractivity contribution in [2.75, 3.05) is 36.0 Å². The van der Waals surface area contributed by atoms with Gasteiger partial charge in [0, 0.05) is 59.1 Å². The van der Waals surface area contributed by atoms with Gasteiger partial charge in [0.05, 0.1) is 0 Å². The quantitative estimate of drug-likeness (QED) is 0.204. The molecule has 4 unspecified atom stereocenters. The van der Waals surface area contributed by atoms with Crippen molar-refractivity contribution in [2.45, 2.75) is 40.5 Å². The van der Waals surface area contributed by atoms with Crippen LogP contribution in [0.5, 0.6) is 0 Å². The zero-order chi connectivity index (χ0) is 29.7. The maximum Gasteiger partial charge on any atom is 0.136 e. The number of hydrogen-bond acceptors (Lipinski definition) is 4. The highest BCUT2D eigenvalue weighted by atomic mass is 16.3. The van der Waals surface area contributed by atoms with Gasteiger partial charge in [0.1, 0.15) is 22.3 Å². The van der Waals surface area contributed by atoms with E-state index in [0.717, 1.165) is 93.7 Å². The van der Waals surface area contributed by atoms with Gasteiger partial charge in [-0.3, -0.25) is 0 Å². The van der Waals surface area contributed by atoms with Crippen molar-refractivity contribution >= 4 is 76.8 Å². The zero-order valence-corrected chi connectivity index (χ0v) is 26.2. The highest BCUT2D eigenvalue weighted by molar-refractivity contribution is 6.18. The third kappa shape index (κ3) is 4.25. The summed E-state index contributed by atoms with van der Waals surface area (Å²) >= 11 is 0. The van der Waals surface area contributed by atoms with Crippen LogP contribution in [0.3, 0.4) is 0 Å². The fraction of sp³-hybridized carbons (Fsp3) is 0.350. The Morgan fingerprint density at radius 2 is 0.795 bits per heavy atom. The molecule has 0 amide bonds. The normalized spacial score (nSPS) is 23.3. The summed E-state index contributed by atoms with van der Waals surface area (Å²) < 4.78 is 13.1. The van der Waals surface area contributed by atoms with Gasteiger partial charge in [0.15, 0.2) is 0 Å². The molecule has 44 heavy (non-hydrogen) atoms. The second-order valence-electron chi connectivity index (χ2n) is 14.5. The van der Waals surface area contributed by atoms with Gasteiger partial charge in [-0.2, -0.15) is 0 Å². The predicted molar refractivity (Wildman–Crippen MR) is 186 cm³/mol. The van der Waals surface area contributed by atoms with Crippen LogP contribution in [-0.2, 0) is 0 Å². The summed E-state index contributed by atoms with van der Waals surface area (Å²) in [5.41, 5.74) is 6.31. The van der Waals surface area contributed by atoms with Gasteiger partial charge in [-0.1, -0.05) is 39.8 Å². The van der Waals surface area contributed by atoms with Gasteiger partial charge in [-0.25, -0.2) is 0 Å². The lowest BCUT2D eigenvalue weighted by molar-refractivity contribution is 0.357. The Hall–Kier alpha value is -4.18. The molecule has 2 aliphatic rings. The monoisotopic (exact) mass is 580 g/mol. The lowest BCUT2D eigenvalue weighted by Gasteiger charge is -2.36. The summed E-state index contributed by atoms with van der Waals surface area (Å²) in [5.74, 6) is 2.91. The van der Waals surface area contributed by atoms with Crippen molar-refractivity contribution in [3.05, 3.63) is 72.8 Å². The molecule has 2 aliphatic heterocycles. The summed E-state index contributed by atoms with van der Waals surface area (Å²) in [6, 6.07) is 27.2. The van der Waals surface area contributed by atoms with Crippen LogP contribution in [-0.4, -0.2) is 26.2 Å². The first-order valence-corrected chi connectivity index (χ1v) is 16.5. The van der Waals surface area contributed by atoms with E-state index in [1.165, 1.54) is 45.8 Å². The van der Waals surface area contributed by atoms with Crippen LogP contribution < -0.4 is 9.80 Å². The van der Waals surface area contributed by atoms with Crippen molar-refractivity contribution < 1.29 is 8.83 Å². The highest BCUT2D eigenvalue weighted by Crippen LogP contribution is 2.40. The first kappa shape index (κ1) is 26.2. The number of nitrogens with zero attached hydrogens (tertiary/aromatic N) is 2. The molecule has 4 heteroatoms. The second-order valence-corrected chi connectivity index (χ2v) is 14.5. The van der Waals surface area contributed by atoms with Crippen molar-refractivity contribution in [2.24, 2.45) is 23.7 Å². The van der Waals surface area contributed by atoms with Crippen LogP contribution in [0.15, 0.2) is 81.6 Å². The summed E-state index contributed by atoms with van der Waals surface area (Å²) in [6.45, 7) is 14.0. The second kappa shape index (κ2) is 9.66. The van der Waals surface area contributed by atoms with Crippen molar-refractivity contribution in [1.29, 1.82) is 0 Å². The third-order valence-corrected chi connectivity index (χ3v) is 10.4. The summed E-state index contributed by atoms with van der Waals surface area (Å²) in [7, 11) is 0. The summed E-state index contributed by atoms with van der Waals surface area (Å²) in [6.07, 6.45) is 2.63. The molecule has 0 saturated carbocycles. The Morgan fingerprint density at radius 1 is 0.432 bits per heavy atom. The fourth-order valence-corrected chi connectivity index (χ4v) is 8.65. The van der Waals surface area contributed by atoms with E-state index < -0.39 is 0 Å². The van der Waals surface area contributed by atoms with Crippen molar-refractivity contribution in [1.82, 2.24) is 0 Å². The predicted octanol–water partition coefficient (Wildman–Crippen LogP) is 10.8. The average Bonchev–Trinajstić information content (AvgIpc) is 3.51. The molecular formula is C40H40N2O2. The van der Waals surface area contributed by atoms with Crippen LogP contribution in [0.2, 0.25) is 0 Å². The highest BCUT2D eigenvalue weighted by Gasteiger charge is 2.24. The minimum Gasteiger partial charge on any atom is -0.456 e. The molecule has 2 saturated heterocycles. The van der Waals surface area contributed by atoms with Crippen LogP contribution in [0.1, 0.15) is 40.5 Å². The minimum atomic E-state index is 0.726. The fourth-order valence-electron chi connectivity index (χ4n) is 8.65. The number of hydrogen-bond donors (Lipinski definition) is 0. The number of fused-ring (bicyclic) bond motifs is 8. The molecule has 9 rings (SSSR count). The van der Waals surface area contributed by atoms with Gasteiger partial charge in [-0.15, -0.1) is 0 Å². The molecule has 2 aromatic heterocycles. The largest absolute Gasteiger partial charge is 0.456 e. The number of furan rings is 2. The maximum absolute atomic E-state index is 6.53. The molecule has 0 spiro atoms. The Labute approximate surface area is 258 Å². The van der Waals surface area contributed by atoms with Crippen LogP contribution >= 0.6 is 0 Å². The Bertz CT molecular complexity index is 2060. The molecule has 4 nitrogen and oxygen atoms in total. The van der Waals surface area contributed by atoms with E-state index in [2.05, 4.69) is 110 Å². The SMILES string of the molecule is CC1CC(C)CN(c2ccc3cc4c(cc3c2)oc2cc3c(cc24)oc2cc4cc(N5CC(C)CC(C)C5)ccc4cc23)C1. The molecular weight excluding hydrogens is 540 g/mol. The molecule has 5 aromatic carbocycles. The average molecular weight is 581 g/mol. The number of rotatable bonds is 2. The number of benzene rings is 5. The van der Waals surface area contributed by atoms with Crippen LogP contribution in [0.4, 0.5) is 11.4 Å². The Balaban J connectivity index is 1.12. The van der Waals surface area contributed by atoms with Gasteiger partial charge in [-0.05, 0) is 119 Å². The standard InChI is InChI=1S/C40H40N2O2/c1-23-9-24(2)20-41(19-23)31-7-5-27-13-33-35-17-40-36(18-39(35)43-37(33)15-29(27)11-31)34-14-28-6-8-32(12-30(28)16-38(34)44-40)42-21-25(3)10-26(4)22-42/h5-8,11-18,23-26H,9-10,19-22H2,1-4H3. The van der Waals surface area contributed by atoms with Crippen LogP contribution in [0, 0.1) is 23.7 Å². The molecule has 4 heterocycles.